The molecule has 2 rings (SSSR count). The molecule has 2 aromatic rings. The molecule has 0 spiro atoms. The first-order chi connectivity index (χ1) is 7.69. The molecule has 1 aromatic carbocycles. The summed E-state index contributed by atoms with van der Waals surface area (Å²) in [5, 5.41) is 0.823. The van der Waals surface area contributed by atoms with Crippen LogP contribution < -0.4 is 4.74 Å². The van der Waals surface area contributed by atoms with Gasteiger partial charge in [0.05, 0.1) is 25.3 Å². The van der Waals surface area contributed by atoms with E-state index in [0.717, 1.165) is 22.3 Å². The van der Waals surface area contributed by atoms with Crippen molar-refractivity contribution in [3.63, 3.8) is 0 Å². The summed E-state index contributed by atoms with van der Waals surface area (Å²) in [6, 6.07) is 5.56. The van der Waals surface area contributed by atoms with E-state index < -0.39 is 0 Å². The molecule has 1 aromatic heterocycles. The minimum Gasteiger partial charge on any atom is -0.495 e. The second-order valence-electron chi connectivity index (χ2n) is 3.50. The Kier molecular flexibility index (Phi) is 2.56. The number of ether oxygens (including phenoxy) is 2. The van der Waals surface area contributed by atoms with Crippen molar-refractivity contribution < 1.29 is 14.3 Å². The molecule has 0 amide bonds. The number of benzene rings is 1. The molecule has 0 aliphatic heterocycles. The Balaban J connectivity index is 2.76. The number of carbonyl (C=O) groups excluding carboxylic acids is 1. The third kappa shape index (κ3) is 1.43. The Morgan fingerprint density at radius 1 is 1.31 bits per heavy atom. The van der Waals surface area contributed by atoms with Gasteiger partial charge in [0.1, 0.15) is 5.75 Å². The molecular formula is C12H13NO3. The van der Waals surface area contributed by atoms with Crippen LogP contribution in [0.15, 0.2) is 18.2 Å². The number of aromatic amines is 1. The summed E-state index contributed by atoms with van der Waals surface area (Å²) in [7, 11) is 2.98. The molecule has 84 valence electrons. The number of para-hydroxylation sites is 1. The van der Waals surface area contributed by atoms with Gasteiger partial charge in [-0.15, -0.1) is 0 Å². The number of esters is 1. The number of hydrogen-bond acceptors (Lipinski definition) is 3. The van der Waals surface area contributed by atoms with Crippen LogP contribution in [0.4, 0.5) is 0 Å². The van der Waals surface area contributed by atoms with Gasteiger partial charge in [-0.1, -0.05) is 12.1 Å². The quantitative estimate of drug-likeness (QED) is 0.788. The maximum atomic E-state index is 11.6. The summed E-state index contributed by atoms with van der Waals surface area (Å²) < 4.78 is 9.98. The van der Waals surface area contributed by atoms with E-state index in [1.54, 1.807) is 7.11 Å². The monoisotopic (exact) mass is 219 g/mol. The van der Waals surface area contributed by atoms with E-state index in [-0.39, 0.29) is 5.97 Å². The van der Waals surface area contributed by atoms with Crippen LogP contribution in [-0.4, -0.2) is 25.2 Å². The van der Waals surface area contributed by atoms with Crippen molar-refractivity contribution in [1.29, 1.82) is 0 Å². The van der Waals surface area contributed by atoms with E-state index in [1.807, 2.05) is 25.1 Å². The molecule has 0 saturated heterocycles. The van der Waals surface area contributed by atoms with Crippen LogP contribution in [-0.2, 0) is 4.74 Å². The average Bonchev–Trinajstić information content (AvgIpc) is 2.63. The number of nitrogens with one attached hydrogen (secondary N) is 1. The Labute approximate surface area is 93.2 Å². The number of aromatic nitrogens is 1. The molecule has 4 nitrogen and oxygen atoms in total. The second kappa shape index (κ2) is 3.89. The molecule has 4 heteroatoms. The molecule has 0 radical (unpaired) electrons. The summed E-state index contributed by atoms with van der Waals surface area (Å²) in [4.78, 5) is 14.8. The van der Waals surface area contributed by atoms with Crippen molar-refractivity contribution in [2.75, 3.05) is 14.2 Å². The third-order valence-corrected chi connectivity index (χ3v) is 2.59. The molecule has 16 heavy (non-hydrogen) atoms. The predicted octanol–water partition coefficient (Wildman–Crippen LogP) is 2.27. The van der Waals surface area contributed by atoms with Gasteiger partial charge in [0.2, 0.25) is 0 Å². The maximum Gasteiger partial charge on any atom is 0.340 e. The number of carbonyl (C=O) groups is 1. The standard InChI is InChI=1S/C12H13NO3/c1-7-10(12(14)16-3)8-5-4-6-9(15-2)11(8)13-7/h4-6,13H,1-3H3. The number of hydrogen-bond donors (Lipinski definition) is 1. The van der Waals surface area contributed by atoms with Gasteiger partial charge in [-0.3, -0.25) is 0 Å². The highest BCUT2D eigenvalue weighted by Gasteiger charge is 2.17. The average molecular weight is 219 g/mol. The largest absolute Gasteiger partial charge is 0.495 e. The lowest BCUT2D eigenvalue weighted by Gasteiger charge is -2.01. The summed E-state index contributed by atoms with van der Waals surface area (Å²) in [6.45, 7) is 1.84. The van der Waals surface area contributed by atoms with Gasteiger partial charge in [-0.25, -0.2) is 4.79 Å². The zero-order valence-electron chi connectivity index (χ0n) is 9.46. The first kappa shape index (κ1) is 10.5. The topological polar surface area (TPSA) is 51.3 Å². The van der Waals surface area contributed by atoms with Gasteiger partial charge >= 0.3 is 5.97 Å². The smallest absolute Gasteiger partial charge is 0.340 e. The van der Waals surface area contributed by atoms with Crippen LogP contribution in [0.1, 0.15) is 16.1 Å². The van der Waals surface area contributed by atoms with Crippen LogP contribution >= 0.6 is 0 Å². The van der Waals surface area contributed by atoms with Crippen molar-refractivity contribution in [2.45, 2.75) is 6.92 Å². The second-order valence-corrected chi connectivity index (χ2v) is 3.50. The number of fused-ring (bicyclic) bond motifs is 1. The van der Waals surface area contributed by atoms with Gasteiger partial charge < -0.3 is 14.5 Å². The Morgan fingerprint density at radius 2 is 2.06 bits per heavy atom. The predicted molar refractivity (Wildman–Crippen MR) is 60.9 cm³/mol. The Morgan fingerprint density at radius 3 is 2.69 bits per heavy atom. The first-order valence-corrected chi connectivity index (χ1v) is 4.92. The van der Waals surface area contributed by atoms with E-state index in [2.05, 4.69) is 4.98 Å². The van der Waals surface area contributed by atoms with Gasteiger partial charge in [-0.05, 0) is 13.0 Å². The van der Waals surface area contributed by atoms with E-state index in [4.69, 9.17) is 9.47 Å². The molecule has 0 fully saturated rings. The molecular weight excluding hydrogens is 206 g/mol. The molecule has 1 N–H and O–H groups in total. The fraction of sp³-hybridized carbons (Fsp3) is 0.250. The van der Waals surface area contributed by atoms with Crippen LogP contribution in [0.2, 0.25) is 0 Å². The fourth-order valence-electron chi connectivity index (χ4n) is 1.86. The highest BCUT2D eigenvalue weighted by molar-refractivity contribution is 6.06. The zero-order chi connectivity index (χ0) is 11.7. The molecule has 0 saturated carbocycles. The van der Waals surface area contributed by atoms with Crippen LogP contribution in [0.3, 0.4) is 0 Å². The third-order valence-electron chi connectivity index (χ3n) is 2.59. The van der Waals surface area contributed by atoms with Crippen LogP contribution in [0.25, 0.3) is 10.9 Å². The summed E-state index contributed by atoms with van der Waals surface area (Å²) in [5.74, 6) is 0.382. The lowest BCUT2D eigenvalue weighted by atomic mass is 10.1. The summed E-state index contributed by atoms with van der Waals surface area (Å²) in [5.41, 5.74) is 2.17. The molecule has 0 unspecified atom stereocenters. The maximum absolute atomic E-state index is 11.6. The van der Waals surface area contributed by atoms with E-state index in [1.165, 1.54) is 7.11 Å². The Bertz CT molecular complexity index is 542. The number of H-pyrrole nitrogens is 1. The fourth-order valence-corrected chi connectivity index (χ4v) is 1.86. The minimum absolute atomic E-state index is 0.336. The lowest BCUT2D eigenvalue weighted by molar-refractivity contribution is 0.0602. The molecule has 0 aliphatic rings. The van der Waals surface area contributed by atoms with Gasteiger partial charge in [-0.2, -0.15) is 0 Å². The number of methoxy groups -OCH3 is 2. The Hall–Kier alpha value is -1.97. The lowest BCUT2D eigenvalue weighted by Crippen LogP contribution is -2.01. The van der Waals surface area contributed by atoms with Crippen molar-refractivity contribution in [1.82, 2.24) is 4.98 Å². The van der Waals surface area contributed by atoms with Crippen LogP contribution in [0, 0.1) is 6.92 Å². The van der Waals surface area contributed by atoms with E-state index in [9.17, 15) is 4.79 Å². The van der Waals surface area contributed by atoms with Crippen molar-refractivity contribution in [2.24, 2.45) is 0 Å². The van der Waals surface area contributed by atoms with Crippen molar-refractivity contribution >= 4 is 16.9 Å². The minimum atomic E-state index is -0.336. The van der Waals surface area contributed by atoms with Gasteiger partial charge in [0, 0.05) is 11.1 Å². The summed E-state index contributed by atoms with van der Waals surface area (Å²) >= 11 is 0. The highest BCUT2D eigenvalue weighted by atomic mass is 16.5. The van der Waals surface area contributed by atoms with Crippen molar-refractivity contribution in [3.8, 4) is 5.75 Å². The normalized spacial score (nSPS) is 10.4. The molecule has 0 aliphatic carbocycles. The van der Waals surface area contributed by atoms with E-state index in [0.29, 0.717) is 5.56 Å². The van der Waals surface area contributed by atoms with Gasteiger partial charge in [0.25, 0.3) is 0 Å². The number of rotatable bonds is 2. The highest BCUT2D eigenvalue weighted by Crippen LogP contribution is 2.29. The van der Waals surface area contributed by atoms with Gasteiger partial charge in [0.15, 0.2) is 0 Å². The first-order valence-electron chi connectivity index (χ1n) is 4.92. The molecule has 0 atom stereocenters. The van der Waals surface area contributed by atoms with Crippen molar-refractivity contribution in [3.05, 3.63) is 29.5 Å². The number of aryl methyl sites for hydroxylation is 1. The van der Waals surface area contributed by atoms with E-state index >= 15 is 0 Å². The molecule has 0 bridgehead atoms. The van der Waals surface area contributed by atoms with Crippen LogP contribution in [0.5, 0.6) is 5.75 Å². The molecule has 1 heterocycles. The summed E-state index contributed by atoms with van der Waals surface area (Å²) in [6.07, 6.45) is 0. The zero-order valence-corrected chi connectivity index (χ0v) is 9.46. The SMILES string of the molecule is COC(=O)c1c(C)[nH]c2c(OC)cccc12.